The number of hydrogen-bond donors (Lipinski definition) is 1. The van der Waals surface area contributed by atoms with Crippen molar-refractivity contribution in [1.82, 2.24) is 10.2 Å². The number of likely N-dealkylation sites (N-methyl/N-ethyl adjacent to an activating group) is 1. The molecule has 2 unspecified atom stereocenters. The van der Waals surface area contributed by atoms with Crippen molar-refractivity contribution in [2.24, 2.45) is 0 Å². The molecule has 2 rings (SSSR count). The molecule has 0 aromatic heterocycles. The molecule has 1 aromatic carbocycles. The number of rotatable bonds is 6. The first kappa shape index (κ1) is 15.5. The topological polar surface area (TPSA) is 58.6 Å². The van der Waals surface area contributed by atoms with Crippen LogP contribution in [0.3, 0.4) is 0 Å². The minimum atomic E-state index is -0.401. The molecular weight excluding hydrogens is 268 g/mol. The number of likely N-dealkylation sites (tertiary alicyclic amines) is 1. The fraction of sp³-hybridized carbons (Fsp3) is 0.500. The van der Waals surface area contributed by atoms with E-state index in [0.29, 0.717) is 6.54 Å². The van der Waals surface area contributed by atoms with Crippen LogP contribution in [0.2, 0.25) is 0 Å². The maximum Gasteiger partial charge on any atom is 0.246 e. The Morgan fingerprint density at radius 1 is 1.38 bits per heavy atom. The third kappa shape index (κ3) is 3.42. The Hall–Kier alpha value is -1.88. The van der Waals surface area contributed by atoms with Crippen LogP contribution in [0.5, 0.6) is 5.75 Å². The molecule has 0 bridgehead atoms. The zero-order valence-electron chi connectivity index (χ0n) is 12.8. The number of para-hydroxylation sites is 1. The van der Waals surface area contributed by atoms with E-state index in [1.54, 1.807) is 7.11 Å². The van der Waals surface area contributed by atoms with Gasteiger partial charge in [0.1, 0.15) is 5.75 Å². The van der Waals surface area contributed by atoms with Crippen molar-refractivity contribution < 1.29 is 14.3 Å². The average molecular weight is 290 g/mol. The van der Waals surface area contributed by atoms with E-state index in [-0.39, 0.29) is 24.3 Å². The SMILES string of the molecule is CCN1C(=O)CC(NC(C)Cc2ccccc2OC)C1=O. The summed E-state index contributed by atoms with van der Waals surface area (Å²) in [4.78, 5) is 25.1. The van der Waals surface area contributed by atoms with Crippen LogP contribution >= 0.6 is 0 Å². The lowest BCUT2D eigenvalue weighted by molar-refractivity contribution is -0.138. The van der Waals surface area contributed by atoms with Gasteiger partial charge in [0.05, 0.1) is 19.6 Å². The molecule has 0 spiro atoms. The Balaban J connectivity index is 1.98. The Bertz CT molecular complexity index is 530. The van der Waals surface area contributed by atoms with Crippen molar-refractivity contribution in [2.75, 3.05) is 13.7 Å². The van der Waals surface area contributed by atoms with Gasteiger partial charge in [-0.1, -0.05) is 18.2 Å². The number of amides is 2. The zero-order chi connectivity index (χ0) is 15.4. The number of hydrogen-bond acceptors (Lipinski definition) is 4. The molecule has 1 aromatic rings. The lowest BCUT2D eigenvalue weighted by atomic mass is 10.0. The van der Waals surface area contributed by atoms with Crippen molar-refractivity contribution in [2.45, 2.75) is 38.8 Å². The van der Waals surface area contributed by atoms with E-state index in [9.17, 15) is 9.59 Å². The maximum absolute atomic E-state index is 12.1. The third-order valence-corrected chi connectivity index (χ3v) is 3.76. The molecule has 5 heteroatoms. The molecule has 1 fully saturated rings. The summed E-state index contributed by atoms with van der Waals surface area (Å²) in [6, 6.07) is 7.51. The zero-order valence-corrected chi connectivity index (χ0v) is 12.8. The number of nitrogens with zero attached hydrogens (tertiary/aromatic N) is 1. The summed E-state index contributed by atoms with van der Waals surface area (Å²) in [6.45, 7) is 4.27. The molecule has 5 nitrogen and oxygen atoms in total. The summed E-state index contributed by atoms with van der Waals surface area (Å²) in [6.07, 6.45) is 0.997. The van der Waals surface area contributed by atoms with Gasteiger partial charge in [-0.2, -0.15) is 0 Å². The number of nitrogens with one attached hydrogen (secondary N) is 1. The monoisotopic (exact) mass is 290 g/mol. The van der Waals surface area contributed by atoms with Gasteiger partial charge >= 0.3 is 0 Å². The second-order valence-corrected chi connectivity index (χ2v) is 5.32. The largest absolute Gasteiger partial charge is 0.496 e. The van der Waals surface area contributed by atoms with E-state index in [2.05, 4.69) is 5.32 Å². The van der Waals surface area contributed by atoms with Crippen molar-refractivity contribution in [1.29, 1.82) is 0 Å². The number of ether oxygens (including phenoxy) is 1. The first-order chi connectivity index (χ1) is 10.1. The first-order valence-corrected chi connectivity index (χ1v) is 7.29. The number of carbonyl (C=O) groups excluding carboxylic acids is 2. The van der Waals surface area contributed by atoms with E-state index in [1.807, 2.05) is 38.1 Å². The van der Waals surface area contributed by atoms with Gasteiger partial charge in [-0.15, -0.1) is 0 Å². The van der Waals surface area contributed by atoms with E-state index >= 15 is 0 Å². The van der Waals surface area contributed by atoms with Crippen LogP contribution in [0, 0.1) is 0 Å². The van der Waals surface area contributed by atoms with Crippen molar-refractivity contribution in [3.8, 4) is 5.75 Å². The summed E-state index contributed by atoms with van der Waals surface area (Å²) < 4.78 is 5.33. The molecule has 0 radical (unpaired) electrons. The maximum atomic E-state index is 12.1. The fourth-order valence-corrected chi connectivity index (χ4v) is 2.75. The molecule has 1 N–H and O–H groups in total. The van der Waals surface area contributed by atoms with Gasteiger partial charge in [0.2, 0.25) is 11.8 Å². The van der Waals surface area contributed by atoms with Gasteiger partial charge in [-0.05, 0) is 31.9 Å². The highest BCUT2D eigenvalue weighted by Crippen LogP contribution is 2.20. The Morgan fingerprint density at radius 3 is 2.71 bits per heavy atom. The second kappa shape index (κ2) is 6.72. The number of imide groups is 1. The van der Waals surface area contributed by atoms with Crippen LogP contribution in [0.1, 0.15) is 25.8 Å². The number of benzene rings is 1. The molecule has 1 saturated heterocycles. The van der Waals surface area contributed by atoms with E-state index in [1.165, 1.54) is 4.90 Å². The molecule has 114 valence electrons. The normalized spacial score (nSPS) is 20.0. The van der Waals surface area contributed by atoms with Gasteiger partial charge < -0.3 is 10.1 Å². The van der Waals surface area contributed by atoms with Gasteiger partial charge in [-0.3, -0.25) is 14.5 Å². The second-order valence-electron chi connectivity index (χ2n) is 5.32. The molecule has 1 aliphatic heterocycles. The number of methoxy groups -OCH3 is 1. The predicted octanol–water partition coefficient (Wildman–Crippen LogP) is 1.36. The number of carbonyl (C=O) groups is 2. The van der Waals surface area contributed by atoms with Crippen molar-refractivity contribution in [3.63, 3.8) is 0 Å². The standard InChI is InChI=1S/C16H22N2O3/c1-4-18-15(19)10-13(16(18)20)17-11(2)9-12-7-5-6-8-14(12)21-3/h5-8,11,13,17H,4,9-10H2,1-3H3. The summed E-state index contributed by atoms with van der Waals surface area (Å²) in [5.74, 6) is 0.633. The molecule has 21 heavy (non-hydrogen) atoms. The van der Waals surface area contributed by atoms with Crippen LogP contribution < -0.4 is 10.1 Å². The molecule has 1 aliphatic rings. The highest BCUT2D eigenvalue weighted by molar-refractivity contribution is 6.05. The lowest BCUT2D eigenvalue weighted by Crippen LogP contribution is -2.43. The molecule has 0 aliphatic carbocycles. The van der Waals surface area contributed by atoms with Crippen molar-refractivity contribution in [3.05, 3.63) is 29.8 Å². The van der Waals surface area contributed by atoms with E-state index in [0.717, 1.165) is 17.7 Å². The summed E-state index contributed by atoms with van der Waals surface area (Å²) in [5.41, 5.74) is 1.09. The smallest absolute Gasteiger partial charge is 0.246 e. The highest BCUT2D eigenvalue weighted by Gasteiger charge is 2.37. The summed E-state index contributed by atoms with van der Waals surface area (Å²) in [7, 11) is 1.65. The minimum absolute atomic E-state index is 0.0832. The fourth-order valence-electron chi connectivity index (χ4n) is 2.75. The first-order valence-electron chi connectivity index (χ1n) is 7.29. The average Bonchev–Trinajstić information content (AvgIpc) is 2.73. The van der Waals surface area contributed by atoms with Gasteiger partial charge in [0.15, 0.2) is 0 Å². The van der Waals surface area contributed by atoms with Gasteiger partial charge in [0, 0.05) is 12.6 Å². The van der Waals surface area contributed by atoms with E-state index in [4.69, 9.17) is 4.74 Å². The van der Waals surface area contributed by atoms with E-state index < -0.39 is 6.04 Å². The van der Waals surface area contributed by atoms with Crippen LogP contribution in [0.4, 0.5) is 0 Å². The van der Waals surface area contributed by atoms with Gasteiger partial charge in [0.25, 0.3) is 0 Å². The van der Waals surface area contributed by atoms with Crippen LogP contribution in [0.15, 0.2) is 24.3 Å². The minimum Gasteiger partial charge on any atom is -0.496 e. The van der Waals surface area contributed by atoms with Gasteiger partial charge in [-0.25, -0.2) is 0 Å². The molecule has 0 saturated carbocycles. The molecule has 1 heterocycles. The summed E-state index contributed by atoms with van der Waals surface area (Å²) in [5, 5.41) is 3.26. The summed E-state index contributed by atoms with van der Waals surface area (Å²) >= 11 is 0. The lowest BCUT2D eigenvalue weighted by Gasteiger charge is -2.19. The quantitative estimate of drug-likeness (QED) is 0.804. The third-order valence-electron chi connectivity index (χ3n) is 3.76. The molecular formula is C16H22N2O3. The Morgan fingerprint density at radius 2 is 2.10 bits per heavy atom. The highest BCUT2D eigenvalue weighted by atomic mass is 16.5. The predicted molar refractivity (Wildman–Crippen MR) is 80.1 cm³/mol. The van der Waals surface area contributed by atoms with Crippen LogP contribution in [0.25, 0.3) is 0 Å². The van der Waals surface area contributed by atoms with Crippen LogP contribution in [-0.4, -0.2) is 42.5 Å². The Labute approximate surface area is 125 Å². The van der Waals surface area contributed by atoms with Crippen LogP contribution in [-0.2, 0) is 16.0 Å². The Kier molecular flexibility index (Phi) is 4.96. The molecule has 2 amide bonds. The van der Waals surface area contributed by atoms with Crippen molar-refractivity contribution >= 4 is 11.8 Å². The molecule has 2 atom stereocenters.